The molecule has 0 spiro atoms. The van der Waals surface area contributed by atoms with Gasteiger partial charge in [-0.15, -0.1) is 6.58 Å². The standard InChI is InChI=1S/C32H39F3O2/c1-3-4-19-37-30-18-9-23(20-29(30)33)6-5-22-7-10-25(11-8-22)27-16-17-28(32(35)31(27)34)26-14-12-24(13-15-26)21(2)36/h3,9,12,14-16,18,20-22,24-25,28,36H,1,4-8,10-11,13,17,19H2,2H3. The molecule has 1 aromatic carbocycles. The lowest BCUT2D eigenvalue weighted by Gasteiger charge is -2.32. The zero-order valence-electron chi connectivity index (χ0n) is 21.8. The summed E-state index contributed by atoms with van der Waals surface area (Å²) in [5, 5.41) is 9.76. The van der Waals surface area contributed by atoms with Crippen LogP contribution in [0, 0.1) is 29.5 Å². The number of ether oxygens (including phenoxy) is 1. The maximum atomic E-state index is 15.2. The summed E-state index contributed by atoms with van der Waals surface area (Å²) >= 11 is 0. The van der Waals surface area contributed by atoms with Crippen molar-refractivity contribution in [1.29, 1.82) is 0 Å². The number of benzene rings is 1. The number of aliphatic hydroxyl groups is 1. The highest BCUT2D eigenvalue weighted by atomic mass is 19.2. The molecule has 37 heavy (non-hydrogen) atoms. The second-order valence-electron chi connectivity index (χ2n) is 10.8. The lowest BCUT2D eigenvalue weighted by molar-refractivity contribution is 0.149. The fraction of sp³-hybridized carbons (Fsp3) is 0.500. The minimum Gasteiger partial charge on any atom is -0.490 e. The van der Waals surface area contributed by atoms with Gasteiger partial charge in [0.05, 0.1) is 12.7 Å². The minimum absolute atomic E-state index is 0.0327. The third-order valence-corrected chi connectivity index (χ3v) is 8.23. The monoisotopic (exact) mass is 512 g/mol. The van der Waals surface area contributed by atoms with Crippen molar-refractivity contribution in [3.8, 4) is 5.75 Å². The zero-order chi connectivity index (χ0) is 26.4. The molecule has 5 heteroatoms. The van der Waals surface area contributed by atoms with Crippen LogP contribution >= 0.6 is 0 Å². The number of hydrogen-bond acceptors (Lipinski definition) is 2. The molecule has 3 unspecified atom stereocenters. The summed E-state index contributed by atoms with van der Waals surface area (Å²) in [6, 6.07) is 5.18. The van der Waals surface area contributed by atoms with Crippen LogP contribution in [0.4, 0.5) is 13.2 Å². The third kappa shape index (κ3) is 6.87. The normalized spacial score (nSPS) is 26.9. The first kappa shape index (κ1) is 27.5. The number of aliphatic hydroxyl groups excluding tert-OH is 1. The summed E-state index contributed by atoms with van der Waals surface area (Å²) in [5.41, 5.74) is 2.30. The van der Waals surface area contributed by atoms with E-state index >= 15 is 8.78 Å². The molecule has 3 aliphatic carbocycles. The summed E-state index contributed by atoms with van der Waals surface area (Å²) in [5.74, 6) is -1.34. The van der Waals surface area contributed by atoms with E-state index in [0.717, 1.165) is 49.7 Å². The van der Waals surface area contributed by atoms with E-state index in [1.165, 1.54) is 0 Å². The Morgan fingerprint density at radius 3 is 2.54 bits per heavy atom. The average molecular weight is 513 g/mol. The van der Waals surface area contributed by atoms with E-state index < -0.39 is 23.7 Å². The SMILES string of the molecule is C=CCCOc1ccc(CCC2CCC(C3=CCC(C4=CCC(C(C)O)C=C4)C(F)=C3F)CC2)cc1F. The topological polar surface area (TPSA) is 29.5 Å². The Morgan fingerprint density at radius 1 is 1.11 bits per heavy atom. The van der Waals surface area contributed by atoms with Crippen molar-refractivity contribution in [1.82, 2.24) is 0 Å². The number of aryl methyl sites for hydroxylation is 1. The van der Waals surface area contributed by atoms with E-state index in [4.69, 9.17) is 4.74 Å². The highest BCUT2D eigenvalue weighted by Crippen LogP contribution is 2.45. The van der Waals surface area contributed by atoms with E-state index in [0.29, 0.717) is 37.4 Å². The van der Waals surface area contributed by atoms with E-state index in [-0.39, 0.29) is 23.4 Å². The molecule has 1 fully saturated rings. The van der Waals surface area contributed by atoms with Gasteiger partial charge in [0.25, 0.3) is 0 Å². The van der Waals surface area contributed by atoms with Gasteiger partial charge in [-0.05, 0) is 105 Å². The lowest BCUT2D eigenvalue weighted by Crippen LogP contribution is -2.21. The maximum absolute atomic E-state index is 15.2. The molecule has 0 aromatic heterocycles. The lowest BCUT2D eigenvalue weighted by atomic mass is 9.74. The Hall–Kier alpha value is -2.53. The first-order valence-corrected chi connectivity index (χ1v) is 13.7. The third-order valence-electron chi connectivity index (χ3n) is 8.23. The molecular weight excluding hydrogens is 473 g/mol. The van der Waals surface area contributed by atoms with Gasteiger partial charge in [0, 0.05) is 11.8 Å². The van der Waals surface area contributed by atoms with E-state index in [9.17, 15) is 9.50 Å². The van der Waals surface area contributed by atoms with Crippen LogP contribution < -0.4 is 4.74 Å². The van der Waals surface area contributed by atoms with Crippen LogP contribution in [0.5, 0.6) is 5.75 Å². The molecule has 1 saturated carbocycles. The van der Waals surface area contributed by atoms with Gasteiger partial charge in [-0.25, -0.2) is 13.2 Å². The average Bonchev–Trinajstić information content (AvgIpc) is 2.91. The molecule has 4 rings (SSSR count). The smallest absolute Gasteiger partial charge is 0.165 e. The Bertz CT molecular complexity index is 1070. The Morgan fingerprint density at radius 2 is 1.89 bits per heavy atom. The first-order chi connectivity index (χ1) is 17.9. The highest BCUT2D eigenvalue weighted by Gasteiger charge is 2.33. The number of rotatable bonds is 10. The Balaban J connectivity index is 1.26. The fourth-order valence-electron chi connectivity index (χ4n) is 5.83. The molecule has 0 saturated heterocycles. The van der Waals surface area contributed by atoms with Gasteiger partial charge in [0.1, 0.15) is 5.83 Å². The summed E-state index contributed by atoms with van der Waals surface area (Å²) in [4.78, 5) is 0. The van der Waals surface area contributed by atoms with Crippen LogP contribution in [0.1, 0.15) is 63.9 Å². The van der Waals surface area contributed by atoms with Crippen LogP contribution in [-0.2, 0) is 6.42 Å². The van der Waals surface area contributed by atoms with E-state index in [1.807, 2.05) is 30.4 Å². The van der Waals surface area contributed by atoms with Crippen LogP contribution in [0.3, 0.4) is 0 Å². The Labute approximate surface area is 219 Å². The Kier molecular flexibility index (Phi) is 9.53. The molecule has 0 aliphatic heterocycles. The van der Waals surface area contributed by atoms with Crippen molar-refractivity contribution in [2.75, 3.05) is 6.61 Å². The molecule has 200 valence electrons. The van der Waals surface area contributed by atoms with Gasteiger partial charge < -0.3 is 9.84 Å². The minimum atomic E-state index is -0.669. The largest absolute Gasteiger partial charge is 0.490 e. The molecule has 0 amide bonds. The van der Waals surface area contributed by atoms with Gasteiger partial charge >= 0.3 is 0 Å². The number of hydrogen-bond donors (Lipinski definition) is 1. The molecule has 0 radical (unpaired) electrons. The summed E-state index contributed by atoms with van der Waals surface area (Å²) in [6.45, 7) is 5.80. The first-order valence-electron chi connectivity index (χ1n) is 13.7. The van der Waals surface area contributed by atoms with Crippen molar-refractivity contribution in [3.63, 3.8) is 0 Å². The van der Waals surface area contributed by atoms with Crippen molar-refractivity contribution < 1.29 is 23.0 Å². The van der Waals surface area contributed by atoms with Crippen molar-refractivity contribution in [2.24, 2.45) is 23.7 Å². The predicted octanol–water partition coefficient (Wildman–Crippen LogP) is 8.50. The molecule has 0 heterocycles. The second kappa shape index (κ2) is 12.8. The van der Waals surface area contributed by atoms with Crippen LogP contribution in [0.25, 0.3) is 0 Å². The molecule has 3 aliphatic rings. The fourth-order valence-corrected chi connectivity index (χ4v) is 5.83. The maximum Gasteiger partial charge on any atom is 0.165 e. The molecule has 2 nitrogen and oxygen atoms in total. The molecule has 1 N–H and O–H groups in total. The predicted molar refractivity (Wildman–Crippen MR) is 143 cm³/mol. The summed E-state index contributed by atoms with van der Waals surface area (Å²) < 4.78 is 50.0. The van der Waals surface area contributed by atoms with E-state index in [1.54, 1.807) is 25.1 Å². The van der Waals surface area contributed by atoms with E-state index in [2.05, 4.69) is 6.58 Å². The number of allylic oxidation sites excluding steroid dienone is 7. The van der Waals surface area contributed by atoms with Crippen molar-refractivity contribution in [2.45, 2.75) is 70.8 Å². The highest BCUT2D eigenvalue weighted by molar-refractivity contribution is 5.41. The second-order valence-corrected chi connectivity index (χ2v) is 10.8. The number of halogens is 3. The van der Waals surface area contributed by atoms with Gasteiger partial charge in [-0.3, -0.25) is 0 Å². The van der Waals surface area contributed by atoms with Crippen molar-refractivity contribution >= 4 is 0 Å². The van der Waals surface area contributed by atoms with Crippen LogP contribution in [-0.4, -0.2) is 17.8 Å². The van der Waals surface area contributed by atoms with Gasteiger partial charge in [0.2, 0.25) is 0 Å². The molecule has 1 aromatic rings. The van der Waals surface area contributed by atoms with Gasteiger partial charge in [0.15, 0.2) is 17.4 Å². The molecule has 0 bridgehead atoms. The molecular formula is C32H39F3O2. The van der Waals surface area contributed by atoms with Crippen molar-refractivity contribution in [3.05, 3.63) is 89.3 Å². The van der Waals surface area contributed by atoms with Gasteiger partial charge in [-0.2, -0.15) is 0 Å². The summed E-state index contributed by atoms with van der Waals surface area (Å²) in [6.07, 6.45) is 16.1. The van der Waals surface area contributed by atoms with Crippen LogP contribution in [0.2, 0.25) is 0 Å². The van der Waals surface area contributed by atoms with Gasteiger partial charge in [-0.1, -0.05) is 36.4 Å². The van der Waals surface area contributed by atoms with Crippen LogP contribution in [0.15, 0.2) is 78.0 Å². The summed E-state index contributed by atoms with van der Waals surface area (Å²) in [7, 11) is 0. The molecule has 3 atom stereocenters. The quantitative estimate of drug-likeness (QED) is 0.252. The zero-order valence-corrected chi connectivity index (χ0v) is 21.8.